The molecule has 0 fully saturated rings. The predicted molar refractivity (Wildman–Crippen MR) is 90.8 cm³/mol. The normalized spacial score (nSPS) is 10.4. The Kier molecular flexibility index (Phi) is 4.52. The monoisotopic (exact) mass is 322 g/mol. The van der Waals surface area contributed by atoms with Gasteiger partial charge in [0.25, 0.3) is 0 Å². The number of anilines is 1. The van der Waals surface area contributed by atoms with Gasteiger partial charge in [0.15, 0.2) is 0 Å². The van der Waals surface area contributed by atoms with Crippen LogP contribution in [-0.2, 0) is 16.1 Å². The Morgan fingerprint density at radius 3 is 2.38 bits per heavy atom. The third-order valence-corrected chi connectivity index (χ3v) is 3.64. The number of carbonyl (C=O) groups is 2. The van der Waals surface area contributed by atoms with E-state index in [1.54, 1.807) is 30.3 Å². The average Bonchev–Trinajstić information content (AvgIpc) is 2.61. The zero-order valence-electron chi connectivity index (χ0n) is 12.8. The second kappa shape index (κ2) is 6.91. The summed E-state index contributed by atoms with van der Waals surface area (Å²) >= 11 is 0. The third-order valence-electron chi connectivity index (χ3n) is 3.64. The molecule has 120 valence electrons. The van der Waals surface area contributed by atoms with Gasteiger partial charge in [-0.2, -0.15) is 0 Å². The number of halogens is 1. The van der Waals surface area contributed by atoms with Crippen LogP contribution < -0.4 is 10.6 Å². The van der Waals surface area contributed by atoms with Crippen molar-refractivity contribution < 1.29 is 14.0 Å². The standard InChI is InChI=1S/C19H15FN2O2/c20-16-10-4-2-7-14(16)12-21-18(23)19(24)22-17-11-5-8-13-6-1-3-9-15(13)17/h1-11H,12H2,(H,21,23)(H,22,24). The first-order chi connectivity index (χ1) is 11.6. The molecule has 0 saturated carbocycles. The molecular formula is C19H15FN2O2. The number of hydrogen-bond acceptors (Lipinski definition) is 2. The number of fused-ring (bicyclic) bond motifs is 1. The number of hydrogen-bond donors (Lipinski definition) is 2. The number of carbonyl (C=O) groups excluding carboxylic acids is 2. The van der Waals surface area contributed by atoms with Crippen LogP contribution in [0.4, 0.5) is 10.1 Å². The van der Waals surface area contributed by atoms with Crippen molar-refractivity contribution in [3.05, 3.63) is 78.1 Å². The topological polar surface area (TPSA) is 58.2 Å². The largest absolute Gasteiger partial charge is 0.344 e. The van der Waals surface area contributed by atoms with Crippen molar-refractivity contribution in [2.45, 2.75) is 6.54 Å². The van der Waals surface area contributed by atoms with Gasteiger partial charge in [-0.25, -0.2) is 4.39 Å². The summed E-state index contributed by atoms with van der Waals surface area (Å²) < 4.78 is 13.5. The lowest BCUT2D eigenvalue weighted by Crippen LogP contribution is -2.35. The van der Waals surface area contributed by atoms with E-state index in [0.717, 1.165) is 10.8 Å². The fourth-order valence-corrected chi connectivity index (χ4v) is 2.41. The van der Waals surface area contributed by atoms with Crippen molar-refractivity contribution in [3.63, 3.8) is 0 Å². The van der Waals surface area contributed by atoms with E-state index >= 15 is 0 Å². The van der Waals surface area contributed by atoms with Gasteiger partial charge < -0.3 is 10.6 Å². The van der Waals surface area contributed by atoms with E-state index in [2.05, 4.69) is 10.6 Å². The van der Waals surface area contributed by atoms with E-state index in [1.807, 2.05) is 30.3 Å². The number of rotatable bonds is 3. The van der Waals surface area contributed by atoms with Crippen molar-refractivity contribution >= 4 is 28.3 Å². The van der Waals surface area contributed by atoms with Crippen molar-refractivity contribution in [1.29, 1.82) is 0 Å². The van der Waals surface area contributed by atoms with Crippen LogP contribution in [-0.4, -0.2) is 11.8 Å². The molecule has 0 radical (unpaired) electrons. The highest BCUT2D eigenvalue weighted by Crippen LogP contribution is 2.22. The molecular weight excluding hydrogens is 307 g/mol. The summed E-state index contributed by atoms with van der Waals surface area (Å²) in [5.41, 5.74) is 0.878. The first-order valence-electron chi connectivity index (χ1n) is 7.45. The highest BCUT2D eigenvalue weighted by atomic mass is 19.1. The molecule has 5 heteroatoms. The van der Waals surface area contributed by atoms with Crippen molar-refractivity contribution in [2.75, 3.05) is 5.32 Å². The lowest BCUT2D eigenvalue weighted by molar-refractivity contribution is -0.136. The summed E-state index contributed by atoms with van der Waals surface area (Å²) in [6, 6.07) is 19.1. The number of nitrogens with one attached hydrogen (secondary N) is 2. The van der Waals surface area contributed by atoms with Crippen LogP contribution in [0.15, 0.2) is 66.7 Å². The molecule has 0 heterocycles. The molecule has 0 unspecified atom stereocenters. The highest BCUT2D eigenvalue weighted by molar-refractivity contribution is 6.40. The summed E-state index contributed by atoms with van der Waals surface area (Å²) in [5.74, 6) is -2.03. The van der Waals surface area contributed by atoms with E-state index in [-0.39, 0.29) is 6.54 Å². The summed E-state index contributed by atoms with van der Waals surface area (Å²) in [6.07, 6.45) is 0. The Bertz CT molecular complexity index is 903. The van der Waals surface area contributed by atoms with E-state index in [4.69, 9.17) is 0 Å². The van der Waals surface area contributed by atoms with Gasteiger partial charge in [-0.05, 0) is 17.5 Å². The van der Waals surface area contributed by atoms with E-state index in [0.29, 0.717) is 11.3 Å². The maximum absolute atomic E-state index is 13.5. The molecule has 3 aromatic rings. The van der Waals surface area contributed by atoms with Gasteiger partial charge in [0.1, 0.15) is 5.82 Å². The molecule has 0 aliphatic rings. The Morgan fingerprint density at radius 1 is 0.833 bits per heavy atom. The molecule has 0 aromatic heterocycles. The first kappa shape index (κ1) is 15.7. The molecule has 4 nitrogen and oxygen atoms in total. The molecule has 0 saturated heterocycles. The third kappa shape index (κ3) is 3.41. The SMILES string of the molecule is O=C(NCc1ccccc1F)C(=O)Nc1cccc2ccccc12. The molecule has 3 rings (SSSR count). The average molecular weight is 322 g/mol. The van der Waals surface area contributed by atoms with Crippen LogP contribution in [0.3, 0.4) is 0 Å². The van der Waals surface area contributed by atoms with E-state index in [1.165, 1.54) is 6.07 Å². The Morgan fingerprint density at radius 2 is 1.54 bits per heavy atom. The second-order valence-electron chi connectivity index (χ2n) is 5.25. The van der Waals surface area contributed by atoms with Gasteiger partial charge in [-0.3, -0.25) is 9.59 Å². The van der Waals surface area contributed by atoms with Crippen LogP contribution in [0.5, 0.6) is 0 Å². The van der Waals surface area contributed by atoms with Gasteiger partial charge in [-0.15, -0.1) is 0 Å². The maximum atomic E-state index is 13.5. The summed E-state index contributed by atoms with van der Waals surface area (Å²) in [4.78, 5) is 24.0. The second-order valence-corrected chi connectivity index (χ2v) is 5.25. The van der Waals surface area contributed by atoms with Crippen LogP contribution >= 0.6 is 0 Å². The highest BCUT2D eigenvalue weighted by Gasteiger charge is 2.15. The molecule has 0 aliphatic carbocycles. The lowest BCUT2D eigenvalue weighted by atomic mass is 10.1. The maximum Gasteiger partial charge on any atom is 0.313 e. The predicted octanol–water partition coefficient (Wildman–Crippen LogP) is 3.23. The van der Waals surface area contributed by atoms with Crippen molar-refractivity contribution in [3.8, 4) is 0 Å². The van der Waals surface area contributed by atoms with Gasteiger partial charge in [0.05, 0.1) is 0 Å². The molecule has 2 amide bonds. The van der Waals surface area contributed by atoms with Gasteiger partial charge in [0, 0.05) is 23.2 Å². The van der Waals surface area contributed by atoms with Crippen molar-refractivity contribution in [1.82, 2.24) is 5.32 Å². The van der Waals surface area contributed by atoms with Crippen LogP contribution in [0, 0.1) is 5.82 Å². The summed E-state index contributed by atoms with van der Waals surface area (Å²) in [7, 11) is 0. The molecule has 0 spiro atoms. The zero-order chi connectivity index (χ0) is 16.9. The number of benzene rings is 3. The lowest BCUT2D eigenvalue weighted by Gasteiger charge is -2.09. The Hall–Kier alpha value is -3.21. The Labute approximate surface area is 138 Å². The van der Waals surface area contributed by atoms with Crippen LogP contribution in [0.1, 0.15) is 5.56 Å². The fourth-order valence-electron chi connectivity index (χ4n) is 2.41. The van der Waals surface area contributed by atoms with Gasteiger partial charge >= 0.3 is 11.8 Å². The van der Waals surface area contributed by atoms with E-state index < -0.39 is 17.6 Å². The Balaban J connectivity index is 1.68. The molecule has 2 N–H and O–H groups in total. The van der Waals surface area contributed by atoms with Crippen LogP contribution in [0.25, 0.3) is 10.8 Å². The molecule has 24 heavy (non-hydrogen) atoms. The first-order valence-corrected chi connectivity index (χ1v) is 7.45. The van der Waals surface area contributed by atoms with E-state index in [9.17, 15) is 14.0 Å². The quantitative estimate of drug-likeness (QED) is 0.727. The molecule has 0 atom stereocenters. The molecule has 0 bridgehead atoms. The van der Waals surface area contributed by atoms with Gasteiger partial charge in [-0.1, -0.05) is 54.6 Å². The summed E-state index contributed by atoms with van der Waals surface area (Å²) in [5, 5.41) is 6.81. The van der Waals surface area contributed by atoms with Crippen molar-refractivity contribution in [2.24, 2.45) is 0 Å². The zero-order valence-corrected chi connectivity index (χ0v) is 12.8. The minimum Gasteiger partial charge on any atom is -0.344 e. The smallest absolute Gasteiger partial charge is 0.313 e. The van der Waals surface area contributed by atoms with Crippen LogP contribution in [0.2, 0.25) is 0 Å². The fraction of sp³-hybridized carbons (Fsp3) is 0.0526. The molecule has 0 aliphatic heterocycles. The number of amides is 2. The minimum atomic E-state index is -0.814. The van der Waals surface area contributed by atoms with Gasteiger partial charge in [0.2, 0.25) is 0 Å². The molecule has 3 aromatic carbocycles. The summed E-state index contributed by atoms with van der Waals surface area (Å²) in [6.45, 7) is -0.0472. The minimum absolute atomic E-state index is 0.0472.